The van der Waals surface area contributed by atoms with Crippen molar-refractivity contribution in [3.63, 3.8) is 0 Å². The van der Waals surface area contributed by atoms with E-state index in [-0.39, 0.29) is 5.92 Å². The molecule has 5 heterocycles. The van der Waals surface area contributed by atoms with Gasteiger partial charge in [0.15, 0.2) is 0 Å². The molecular weight excluding hydrogens is 226 g/mol. The molecule has 0 aromatic heterocycles. The minimum atomic E-state index is 0.249. The zero-order valence-electron chi connectivity index (χ0n) is 10.9. The monoisotopic (exact) mass is 249 g/mol. The largest absolute Gasteiger partial charge is 0.352 e. The van der Waals surface area contributed by atoms with Gasteiger partial charge in [0.2, 0.25) is 5.91 Å². The second-order valence-corrected chi connectivity index (χ2v) is 6.64. The maximum atomic E-state index is 12.4. The Balaban J connectivity index is 1.38. The summed E-state index contributed by atoms with van der Waals surface area (Å²) in [6, 6.07) is 1.52. The summed E-state index contributed by atoms with van der Waals surface area (Å²) in [5.74, 6) is 1.32. The van der Waals surface area contributed by atoms with E-state index in [1.165, 1.54) is 38.8 Å². The van der Waals surface area contributed by atoms with Gasteiger partial charge >= 0.3 is 0 Å². The molecule has 4 heteroatoms. The lowest BCUT2D eigenvalue weighted by molar-refractivity contribution is -0.127. The normalized spacial score (nSPS) is 49.6. The van der Waals surface area contributed by atoms with Gasteiger partial charge < -0.3 is 15.5 Å². The predicted molar refractivity (Wildman–Crippen MR) is 69.1 cm³/mol. The lowest BCUT2D eigenvalue weighted by atomic mass is 9.83. The van der Waals surface area contributed by atoms with Crippen LogP contribution in [0.15, 0.2) is 0 Å². The summed E-state index contributed by atoms with van der Waals surface area (Å²) in [7, 11) is 0. The third-order valence-corrected chi connectivity index (χ3v) is 5.62. The smallest absolute Gasteiger partial charge is 0.225 e. The van der Waals surface area contributed by atoms with Gasteiger partial charge in [-0.25, -0.2) is 0 Å². The van der Waals surface area contributed by atoms with Crippen molar-refractivity contribution in [1.82, 2.24) is 15.5 Å². The van der Waals surface area contributed by atoms with Crippen LogP contribution in [0.3, 0.4) is 0 Å². The van der Waals surface area contributed by atoms with E-state index in [2.05, 4.69) is 15.5 Å². The molecule has 0 aromatic carbocycles. The van der Waals surface area contributed by atoms with E-state index in [4.69, 9.17) is 0 Å². The Hall–Kier alpha value is -0.610. The average molecular weight is 249 g/mol. The van der Waals surface area contributed by atoms with Crippen LogP contribution >= 0.6 is 0 Å². The summed E-state index contributed by atoms with van der Waals surface area (Å²) < 4.78 is 0. The summed E-state index contributed by atoms with van der Waals surface area (Å²) in [5, 5.41) is 6.92. The second-order valence-electron chi connectivity index (χ2n) is 6.64. The number of nitrogens with zero attached hydrogens (tertiary/aromatic N) is 1. The summed E-state index contributed by atoms with van der Waals surface area (Å²) in [4.78, 5) is 14.9. The van der Waals surface area contributed by atoms with E-state index < -0.39 is 0 Å². The fraction of sp³-hybridized carbons (Fsp3) is 0.929. The Morgan fingerprint density at radius 2 is 2.00 bits per heavy atom. The van der Waals surface area contributed by atoms with Gasteiger partial charge in [-0.1, -0.05) is 0 Å². The fourth-order valence-electron chi connectivity index (χ4n) is 4.53. The van der Waals surface area contributed by atoms with Crippen LogP contribution in [0.5, 0.6) is 0 Å². The molecule has 5 aliphatic rings. The third kappa shape index (κ3) is 1.77. The van der Waals surface area contributed by atoms with E-state index >= 15 is 0 Å². The standard InChI is InChI=1S/C14H23N3O/c18-14(11-7-10-1-2-12(11)15-10)16-13-8-17-5-3-9(13)4-6-17/h9-13,15H,1-8H2,(H,16,18). The zero-order valence-corrected chi connectivity index (χ0v) is 10.9. The molecule has 0 saturated carbocycles. The van der Waals surface area contributed by atoms with E-state index in [0.717, 1.165) is 18.9 Å². The average Bonchev–Trinajstić information content (AvgIpc) is 3.02. The lowest BCUT2D eigenvalue weighted by Gasteiger charge is -2.45. The molecule has 5 saturated heterocycles. The molecular formula is C14H23N3O. The second kappa shape index (κ2) is 4.20. The summed E-state index contributed by atoms with van der Waals surface area (Å²) in [5.41, 5.74) is 0. The molecule has 5 aliphatic heterocycles. The van der Waals surface area contributed by atoms with E-state index in [0.29, 0.717) is 24.0 Å². The summed E-state index contributed by atoms with van der Waals surface area (Å²) in [6.45, 7) is 3.57. The number of piperidine rings is 3. The van der Waals surface area contributed by atoms with Gasteiger partial charge in [-0.05, 0) is 51.1 Å². The highest BCUT2D eigenvalue weighted by molar-refractivity contribution is 5.80. The van der Waals surface area contributed by atoms with Gasteiger partial charge in [0.1, 0.15) is 0 Å². The molecule has 4 unspecified atom stereocenters. The van der Waals surface area contributed by atoms with Gasteiger partial charge in [-0.3, -0.25) is 4.79 Å². The number of carbonyl (C=O) groups excluding carboxylic acids is 1. The molecule has 18 heavy (non-hydrogen) atoms. The first-order valence-corrected chi connectivity index (χ1v) is 7.58. The molecule has 1 amide bonds. The van der Waals surface area contributed by atoms with Crippen LogP contribution in [0.2, 0.25) is 0 Å². The van der Waals surface area contributed by atoms with Gasteiger partial charge in [-0.15, -0.1) is 0 Å². The van der Waals surface area contributed by atoms with Crippen molar-refractivity contribution in [2.45, 2.75) is 50.2 Å². The van der Waals surface area contributed by atoms with E-state index in [1.807, 2.05) is 0 Å². The Bertz CT molecular complexity index is 351. The third-order valence-electron chi connectivity index (χ3n) is 5.62. The first kappa shape index (κ1) is 11.2. The van der Waals surface area contributed by atoms with Crippen LogP contribution in [0, 0.1) is 11.8 Å². The molecule has 5 fully saturated rings. The van der Waals surface area contributed by atoms with Crippen molar-refractivity contribution >= 4 is 5.91 Å². The van der Waals surface area contributed by atoms with Gasteiger partial charge in [0, 0.05) is 24.7 Å². The van der Waals surface area contributed by atoms with Crippen molar-refractivity contribution in [2.24, 2.45) is 11.8 Å². The Morgan fingerprint density at radius 1 is 1.17 bits per heavy atom. The van der Waals surface area contributed by atoms with Crippen LogP contribution in [0.25, 0.3) is 0 Å². The molecule has 4 nitrogen and oxygen atoms in total. The number of hydrogen-bond donors (Lipinski definition) is 2. The quantitative estimate of drug-likeness (QED) is 0.741. The van der Waals surface area contributed by atoms with Crippen LogP contribution in [0.1, 0.15) is 32.1 Å². The highest BCUT2D eigenvalue weighted by Crippen LogP contribution is 2.34. The maximum absolute atomic E-state index is 12.4. The highest BCUT2D eigenvalue weighted by atomic mass is 16.2. The molecule has 4 bridgehead atoms. The number of amides is 1. The van der Waals surface area contributed by atoms with Crippen LogP contribution in [-0.2, 0) is 4.79 Å². The predicted octanol–water partition coefficient (Wildman–Crippen LogP) is 0.337. The Morgan fingerprint density at radius 3 is 2.56 bits per heavy atom. The zero-order chi connectivity index (χ0) is 12.1. The highest BCUT2D eigenvalue weighted by Gasteiger charge is 2.44. The Kier molecular flexibility index (Phi) is 2.62. The van der Waals surface area contributed by atoms with Crippen LogP contribution < -0.4 is 10.6 Å². The van der Waals surface area contributed by atoms with Crippen molar-refractivity contribution in [3.8, 4) is 0 Å². The first-order valence-electron chi connectivity index (χ1n) is 7.58. The molecule has 4 atom stereocenters. The van der Waals surface area contributed by atoms with E-state index in [9.17, 15) is 4.79 Å². The summed E-state index contributed by atoms with van der Waals surface area (Å²) in [6.07, 6.45) is 6.09. The van der Waals surface area contributed by atoms with Gasteiger partial charge in [0.05, 0.1) is 5.92 Å². The molecule has 0 spiro atoms. The van der Waals surface area contributed by atoms with Crippen molar-refractivity contribution in [3.05, 3.63) is 0 Å². The molecule has 0 aliphatic carbocycles. The van der Waals surface area contributed by atoms with Crippen LogP contribution in [-0.4, -0.2) is 48.6 Å². The minimum absolute atomic E-state index is 0.249. The lowest BCUT2D eigenvalue weighted by Crippen LogP contribution is -2.58. The number of fused-ring (bicyclic) bond motifs is 5. The van der Waals surface area contributed by atoms with Crippen molar-refractivity contribution in [2.75, 3.05) is 19.6 Å². The molecule has 100 valence electrons. The molecule has 0 aromatic rings. The number of nitrogens with one attached hydrogen (secondary N) is 2. The van der Waals surface area contributed by atoms with Gasteiger partial charge in [-0.2, -0.15) is 0 Å². The molecule has 2 N–H and O–H groups in total. The molecule has 0 radical (unpaired) electrons. The first-order chi connectivity index (χ1) is 8.79. The summed E-state index contributed by atoms with van der Waals surface area (Å²) >= 11 is 0. The number of rotatable bonds is 2. The number of hydrogen-bond acceptors (Lipinski definition) is 3. The van der Waals surface area contributed by atoms with Crippen molar-refractivity contribution < 1.29 is 4.79 Å². The minimum Gasteiger partial charge on any atom is -0.352 e. The Labute approximate surface area is 108 Å². The topological polar surface area (TPSA) is 44.4 Å². The van der Waals surface area contributed by atoms with Crippen molar-refractivity contribution in [1.29, 1.82) is 0 Å². The maximum Gasteiger partial charge on any atom is 0.225 e. The fourth-order valence-corrected chi connectivity index (χ4v) is 4.53. The molecule has 5 rings (SSSR count). The SMILES string of the molecule is O=C(NC1CN2CCC1CC2)C1CC2CCC1N2. The van der Waals surface area contributed by atoms with Crippen LogP contribution in [0.4, 0.5) is 0 Å². The van der Waals surface area contributed by atoms with E-state index in [1.54, 1.807) is 0 Å². The number of carbonyl (C=O) groups is 1. The van der Waals surface area contributed by atoms with Gasteiger partial charge in [0.25, 0.3) is 0 Å².